The molecule has 1 radical (unpaired) electrons. The number of aliphatic hydroxyl groups is 1. The van der Waals surface area contributed by atoms with Crippen molar-refractivity contribution in [1.29, 1.82) is 0 Å². The van der Waals surface area contributed by atoms with E-state index >= 15 is 0 Å². The third-order valence-electron chi connectivity index (χ3n) is 11.4. The van der Waals surface area contributed by atoms with Crippen molar-refractivity contribution < 1.29 is 34.4 Å². The predicted octanol–water partition coefficient (Wildman–Crippen LogP) is 14.5. The van der Waals surface area contributed by atoms with Gasteiger partial charge in [0.25, 0.3) is 0 Å². The van der Waals surface area contributed by atoms with E-state index in [4.69, 9.17) is 9.40 Å². The number of carbonyl (C=O) groups excluding carboxylic acids is 1. The average Bonchev–Trinajstić information content (AvgIpc) is 3.77. The van der Waals surface area contributed by atoms with E-state index < -0.39 is 0 Å². The molecular weight excluding hydrogens is 863 g/mol. The van der Waals surface area contributed by atoms with E-state index in [1.807, 2.05) is 47.7 Å². The fraction of sp³-hybridized carbons (Fsp3) is 0.417. The Morgan fingerprint density at radius 3 is 2.17 bits per heavy atom. The van der Waals surface area contributed by atoms with Gasteiger partial charge >= 0.3 is 0 Å². The summed E-state index contributed by atoms with van der Waals surface area (Å²) in [6, 6.07) is 27.5. The predicted molar refractivity (Wildman–Crippen MR) is 227 cm³/mol. The number of fused-ring (bicyclic) bond motifs is 3. The van der Waals surface area contributed by atoms with Gasteiger partial charge in [-0.3, -0.25) is 9.78 Å². The van der Waals surface area contributed by atoms with Crippen LogP contribution in [0.4, 0.5) is 0 Å². The van der Waals surface area contributed by atoms with Gasteiger partial charge in [-0.1, -0.05) is 111 Å². The van der Waals surface area contributed by atoms with Gasteiger partial charge in [0.1, 0.15) is 17.1 Å². The summed E-state index contributed by atoms with van der Waals surface area (Å²) in [5.41, 5.74) is 5.03. The molecule has 0 aliphatic rings. The molecule has 6 aromatic rings. The Labute approximate surface area is 340 Å². The van der Waals surface area contributed by atoms with Crippen LogP contribution in [0.15, 0.2) is 89.2 Å². The monoisotopic (exact) mass is 921 g/mol. The summed E-state index contributed by atoms with van der Waals surface area (Å²) in [5, 5.41) is 14.8. The number of aromatic nitrogens is 1. The van der Waals surface area contributed by atoms with Gasteiger partial charge in [-0.15, -0.1) is 40.5 Å². The summed E-state index contributed by atoms with van der Waals surface area (Å²) in [7, 11) is 0. The molecule has 0 spiro atoms. The van der Waals surface area contributed by atoms with Crippen molar-refractivity contribution in [2.45, 2.75) is 114 Å². The molecule has 6 heteroatoms. The molecular formula is C48H58IrNO3S-. The second kappa shape index (κ2) is 17.5. The van der Waals surface area contributed by atoms with Crippen LogP contribution < -0.4 is 0 Å². The molecule has 0 aliphatic heterocycles. The maximum atomic E-state index is 12.2. The fourth-order valence-electron chi connectivity index (χ4n) is 6.77. The number of nitrogens with zero attached hydrogens (tertiary/aromatic N) is 1. The molecule has 0 amide bonds. The first kappa shape index (κ1) is 43.2. The summed E-state index contributed by atoms with van der Waals surface area (Å²) < 4.78 is 7.50. The number of rotatable bonds is 11. The van der Waals surface area contributed by atoms with Crippen molar-refractivity contribution >= 4 is 48.9 Å². The Hall–Kier alpha value is -3.57. The van der Waals surface area contributed by atoms with Crippen LogP contribution in [0.2, 0.25) is 0 Å². The van der Waals surface area contributed by atoms with E-state index in [1.165, 1.54) is 27.3 Å². The van der Waals surface area contributed by atoms with Crippen LogP contribution in [-0.2, 0) is 36.7 Å². The quantitative estimate of drug-likeness (QED) is 0.0799. The number of benzene rings is 3. The Balaban J connectivity index is 0.000000309. The summed E-state index contributed by atoms with van der Waals surface area (Å²) >= 11 is 1.76. The van der Waals surface area contributed by atoms with E-state index in [0.717, 1.165) is 75.7 Å². The molecule has 0 bridgehead atoms. The summed E-state index contributed by atoms with van der Waals surface area (Å²) in [4.78, 5) is 18.1. The van der Waals surface area contributed by atoms with Crippen LogP contribution in [0.1, 0.15) is 113 Å². The van der Waals surface area contributed by atoms with Gasteiger partial charge in [0.05, 0.1) is 4.88 Å². The van der Waals surface area contributed by atoms with Gasteiger partial charge < -0.3 is 9.52 Å². The molecule has 0 atom stereocenters. The third kappa shape index (κ3) is 9.27. The average molecular weight is 921 g/mol. The van der Waals surface area contributed by atoms with Crippen LogP contribution in [0.3, 0.4) is 0 Å². The first-order valence-corrected chi connectivity index (χ1v) is 20.2. The zero-order valence-corrected chi connectivity index (χ0v) is 37.3. The van der Waals surface area contributed by atoms with Crippen LogP contribution in [0.25, 0.3) is 53.7 Å². The molecule has 6 rings (SSSR count). The van der Waals surface area contributed by atoms with Crippen molar-refractivity contribution in [3.8, 4) is 21.9 Å². The number of furan rings is 1. The minimum atomic E-state index is -0.337. The number of hydrogen-bond acceptors (Lipinski definition) is 5. The number of thiophene rings is 1. The van der Waals surface area contributed by atoms with Gasteiger partial charge in [-0.05, 0) is 84.7 Å². The zero-order valence-electron chi connectivity index (χ0n) is 34.1. The van der Waals surface area contributed by atoms with Crippen LogP contribution in [-0.4, -0.2) is 15.9 Å². The summed E-state index contributed by atoms with van der Waals surface area (Å²) in [6.45, 7) is 23.4. The molecule has 0 saturated heterocycles. The number of hydrogen-bond donors (Lipinski definition) is 1. The first-order chi connectivity index (χ1) is 25.0. The van der Waals surface area contributed by atoms with Gasteiger partial charge in [-0.2, -0.15) is 0 Å². The first-order valence-electron chi connectivity index (χ1n) is 19.4. The number of allylic oxidation sites excluding steroid dienone is 2. The summed E-state index contributed by atoms with van der Waals surface area (Å²) in [5.74, 6) is 1.83. The van der Waals surface area contributed by atoms with E-state index in [1.54, 1.807) is 11.3 Å². The Morgan fingerprint density at radius 2 is 1.54 bits per heavy atom. The molecule has 3 aromatic heterocycles. The molecule has 54 heavy (non-hydrogen) atoms. The molecule has 0 aliphatic carbocycles. The Morgan fingerprint density at radius 1 is 0.870 bits per heavy atom. The number of pyridine rings is 1. The summed E-state index contributed by atoms with van der Waals surface area (Å²) in [6.07, 6.45) is 7.74. The van der Waals surface area contributed by atoms with Crippen molar-refractivity contribution in [3.05, 3.63) is 102 Å². The molecule has 4 nitrogen and oxygen atoms in total. The van der Waals surface area contributed by atoms with Crippen LogP contribution >= 0.6 is 11.3 Å². The van der Waals surface area contributed by atoms with Gasteiger partial charge in [0.2, 0.25) is 0 Å². The second-order valence-electron chi connectivity index (χ2n) is 16.6. The maximum Gasteiger partial charge on any atom is 0.164 e. The van der Waals surface area contributed by atoms with Crippen molar-refractivity contribution in [2.24, 2.45) is 16.7 Å². The van der Waals surface area contributed by atoms with E-state index in [9.17, 15) is 9.90 Å². The number of ketones is 1. The van der Waals surface area contributed by atoms with E-state index in [0.29, 0.717) is 5.92 Å². The SMILES string of the molecule is CC(C)Cc1ccc2oc(-c3cc4c(-c5[c-]c6ccccc6c(C(C)(C)C)c5)nccc4s3)cc2c1.CCC(C)(CC)C(=O)/C=C(\O)C(C)(CC)CC.[Ir]. The van der Waals surface area contributed by atoms with E-state index in [2.05, 4.69) is 107 Å². The Kier molecular flexibility index (Phi) is 14.0. The van der Waals surface area contributed by atoms with Gasteiger partial charge in [0, 0.05) is 59.0 Å². The molecule has 3 heterocycles. The number of carbonyl (C=O) groups is 1. The second-order valence-corrected chi connectivity index (χ2v) is 17.7. The van der Waals surface area contributed by atoms with Crippen LogP contribution in [0.5, 0.6) is 0 Å². The van der Waals surface area contributed by atoms with Crippen molar-refractivity contribution in [2.75, 3.05) is 0 Å². The molecule has 289 valence electrons. The Bertz CT molecular complexity index is 2240. The molecule has 0 saturated carbocycles. The number of aliphatic hydroxyl groups excluding tert-OH is 1. The van der Waals surface area contributed by atoms with Crippen molar-refractivity contribution in [1.82, 2.24) is 4.98 Å². The minimum absolute atomic E-state index is 0. The largest absolute Gasteiger partial charge is 0.512 e. The van der Waals surface area contributed by atoms with Gasteiger partial charge in [0.15, 0.2) is 5.78 Å². The normalized spacial score (nSPS) is 12.6. The smallest absolute Gasteiger partial charge is 0.164 e. The van der Waals surface area contributed by atoms with Crippen molar-refractivity contribution in [3.63, 3.8) is 0 Å². The molecule has 1 N–H and O–H groups in total. The maximum absolute atomic E-state index is 12.2. The van der Waals surface area contributed by atoms with Gasteiger partial charge in [-0.25, -0.2) is 0 Å². The molecule has 0 unspecified atom stereocenters. The standard InChI is InChI=1S/C33H30NOS.C15H28O2.Ir/c1-20(2)14-21-10-11-28-23(15-21)18-29(35-28)31-19-26-30(36-31)12-13-34-32(26)24-16-22-8-6-7-9-25(22)27(17-24)33(3,4)5;1-7-14(5,8-2)12(16)11-13(17)15(6,9-3)10-4;/h6-13,15,17-20H,14H2,1-5H3;11,16H,7-10H2,1-6H3;/q-1;;/b;12-11-;. The third-order valence-corrected chi connectivity index (χ3v) is 12.5. The molecule has 0 fully saturated rings. The zero-order chi connectivity index (χ0) is 38.7. The van der Waals surface area contributed by atoms with E-state index in [-0.39, 0.29) is 47.9 Å². The molecule has 3 aromatic carbocycles. The minimum Gasteiger partial charge on any atom is -0.512 e. The fourth-order valence-corrected chi connectivity index (χ4v) is 7.78. The van der Waals surface area contributed by atoms with Crippen LogP contribution in [0, 0.1) is 22.8 Å². The topological polar surface area (TPSA) is 63.3 Å².